The van der Waals surface area contributed by atoms with Gasteiger partial charge in [-0.05, 0) is 40.2 Å². The minimum absolute atomic E-state index is 0.0689. The maximum absolute atomic E-state index is 12.5. The summed E-state index contributed by atoms with van der Waals surface area (Å²) in [7, 11) is 0. The monoisotopic (exact) mass is 384 g/mol. The van der Waals surface area contributed by atoms with Gasteiger partial charge in [0.05, 0.1) is 21.3 Å². The quantitative estimate of drug-likeness (QED) is 0.694. The zero-order chi connectivity index (χ0) is 14.9. The van der Waals surface area contributed by atoms with Crippen molar-refractivity contribution in [2.75, 3.05) is 5.32 Å². The number of nitrogens with one attached hydrogen (secondary N) is 1. The van der Waals surface area contributed by atoms with E-state index in [2.05, 4.69) is 26.2 Å². The predicted octanol–water partition coefficient (Wildman–Crippen LogP) is 5.91. The number of aromatic nitrogens is 1. The van der Waals surface area contributed by atoms with Crippen LogP contribution in [0.4, 0.5) is 24.7 Å². The third-order valence-corrected chi connectivity index (χ3v) is 3.39. The third-order valence-electron chi connectivity index (χ3n) is 2.36. The maximum atomic E-state index is 12.5. The van der Waals surface area contributed by atoms with Crippen LogP contribution >= 0.6 is 39.1 Å². The lowest BCUT2D eigenvalue weighted by atomic mass is 10.2. The molecule has 106 valence electrons. The Labute approximate surface area is 131 Å². The van der Waals surface area contributed by atoms with Crippen molar-refractivity contribution in [1.29, 1.82) is 0 Å². The molecule has 0 aliphatic rings. The SMILES string of the molecule is FC(F)(F)c1ccc(Nc2ncc(Br)cc2Cl)c(Cl)c1. The van der Waals surface area contributed by atoms with Crippen molar-refractivity contribution >= 4 is 50.6 Å². The number of alkyl halides is 3. The summed E-state index contributed by atoms with van der Waals surface area (Å²) < 4.78 is 38.2. The average Bonchev–Trinajstić information content (AvgIpc) is 2.33. The van der Waals surface area contributed by atoms with Gasteiger partial charge >= 0.3 is 6.18 Å². The first kappa shape index (κ1) is 15.4. The highest BCUT2D eigenvalue weighted by Gasteiger charge is 2.30. The van der Waals surface area contributed by atoms with E-state index < -0.39 is 11.7 Å². The van der Waals surface area contributed by atoms with Gasteiger partial charge in [0.25, 0.3) is 0 Å². The lowest BCUT2D eigenvalue weighted by Gasteiger charge is -2.12. The molecular weight excluding hydrogens is 380 g/mol. The molecule has 0 aliphatic heterocycles. The molecule has 0 fully saturated rings. The second kappa shape index (κ2) is 5.79. The fourth-order valence-electron chi connectivity index (χ4n) is 1.43. The molecule has 0 radical (unpaired) electrons. The number of pyridine rings is 1. The Morgan fingerprint density at radius 3 is 2.35 bits per heavy atom. The fourth-order valence-corrected chi connectivity index (χ4v) is 2.33. The molecule has 0 spiro atoms. The van der Waals surface area contributed by atoms with Gasteiger partial charge in [0, 0.05) is 10.7 Å². The summed E-state index contributed by atoms with van der Waals surface area (Å²) in [6, 6.07) is 4.61. The van der Waals surface area contributed by atoms with Crippen LogP contribution in [0.1, 0.15) is 5.56 Å². The van der Waals surface area contributed by atoms with E-state index >= 15 is 0 Å². The molecule has 20 heavy (non-hydrogen) atoms. The third kappa shape index (κ3) is 3.56. The Hall–Kier alpha value is -0.980. The largest absolute Gasteiger partial charge is 0.416 e. The molecule has 2 nitrogen and oxygen atoms in total. The molecule has 2 rings (SSSR count). The van der Waals surface area contributed by atoms with Crippen LogP contribution in [0, 0.1) is 0 Å². The van der Waals surface area contributed by atoms with Crippen molar-refractivity contribution < 1.29 is 13.2 Å². The van der Waals surface area contributed by atoms with Crippen LogP contribution in [0.3, 0.4) is 0 Å². The summed E-state index contributed by atoms with van der Waals surface area (Å²) in [6.07, 6.45) is -2.93. The standard InChI is InChI=1S/C12H6BrCl2F3N2/c13-7-4-9(15)11(19-5-7)20-10-2-1-6(3-8(10)14)12(16,17)18/h1-5H,(H,19,20). The average molecular weight is 386 g/mol. The van der Waals surface area contributed by atoms with Gasteiger partial charge in [-0.25, -0.2) is 4.98 Å². The first-order chi connectivity index (χ1) is 9.27. The molecule has 0 saturated carbocycles. The molecule has 0 atom stereocenters. The van der Waals surface area contributed by atoms with E-state index in [4.69, 9.17) is 23.2 Å². The zero-order valence-corrected chi connectivity index (χ0v) is 12.7. The van der Waals surface area contributed by atoms with E-state index in [1.54, 1.807) is 6.07 Å². The second-order valence-corrected chi connectivity index (χ2v) is 5.53. The number of anilines is 2. The highest BCUT2D eigenvalue weighted by molar-refractivity contribution is 9.10. The van der Waals surface area contributed by atoms with Crippen LogP contribution in [0.2, 0.25) is 10.0 Å². The highest BCUT2D eigenvalue weighted by Crippen LogP contribution is 2.35. The molecule has 1 aromatic carbocycles. The molecule has 1 N–H and O–H groups in total. The summed E-state index contributed by atoms with van der Waals surface area (Å²) in [4.78, 5) is 4.01. The summed E-state index contributed by atoms with van der Waals surface area (Å²) in [5.41, 5.74) is -0.528. The van der Waals surface area contributed by atoms with Crippen LogP contribution < -0.4 is 5.32 Å². The first-order valence-electron chi connectivity index (χ1n) is 5.22. The Morgan fingerprint density at radius 2 is 1.80 bits per heavy atom. The number of halogens is 6. The van der Waals surface area contributed by atoms with Gasteiger partial charge < -0.3 is 5.32 Å². The van der Waals surface area contributed by atoms with E-state index in [0.717, 1.165) is 12.1 Å². The Balaban J connectivity index is 2.30. The molecule has 1 aromatic heterocycles. The molecule has 2 aromatic rings. The Kier molecular flexibility index (Phi) is 4.46. The summed E-state index contributed by atoms with van der Waals surface area (Å²) >= 11 is 15.0. The summed E-state index contributed by atoms with van der Waals surface area (Å²) in [6.45, 7) is 0. The minimum Gasteiger partial charge on any atom is -0.338 e. The normalized spacial score (nSPS) is 11.5. The number of hydrogen-bond acceptors (Lipinski definition) is 2. The molecule has 1 heterocycles. The lowest BCUT2D eigenvalue weighted by molar-refractivity contribution is -0.137. The molecule has 8 heteroatoms. The molecule has 0 saturated heterocycles. The molecule has 0 amide bonds. The number of nitrogens with zero attached hydrogens (tertiary/aromatic N) is 1. The van der Waals surface area contributed by atoms with E-state index in [1.165, 1.54) is 12.3 Å². The van der Waals surface area contributed by atoms with Crippen molar-refractivity contribution in [3.8, 4) is 0 Å². The Bertz CT molecular complexity index is 647. The van der Waals surface area contributed by atoms with Crippen LogP contribution in [0.25, 0.3) is 0 Å². The molecule has 0 aliphatic carbocycles. The van der Waals surface area contributed by atoms with Crippen LogP contribution in [0.5, 0.6) is 0 Å². The lowest BCUT2D eigenvalue weighted by Crippen LogP contribution is -2.05. The molecule has 0 unspecified atom stereocenters. The number of benzene rings is 1. The van der Waals surface area contributed by atoms with Crippen LogP contribution in [-0.2, 0) is 6.18 Å². The molecule has 0 bridgehead atoms. The van der Waals surface area contributed by atoms with Crippen molar-refractivity contribution in [3.05, 3.63) is 50.5 Å². The second-order valence-electron chi connectivity index (χ2n) is 3.80. The van der Waals surface area contributed by atoms with E-state index in [1.807, 2.05) is 0 Å². The highest BCUT2D eigenvalue weighted by atomic mass is 79.9. The number of rotatable bonds is 2. The topological polar surface area (TPSA) is 24.9 Å². The molecular formula is C12H6BrCl2F3N2. The van der Waals surface area contributed by atoms with Crippen LogP contribution in [0.15, 0.2) is 34.9 Å². The van der Waals surface area contributed by atoms with Crippen LogP contribution in [-0.4, -0.2) is 4.98 Å². The van der Waals surface area contributed by atoms with Gasteiger partial charge in [-0.1, -0.05) is 23.2 Å². The van der Waals surface area contributed by atoms with Crippen molar-refractivity contribution in [3.63, 3.8) is 0 Å². The van der Waals surface area contributed by atoms with Crippen molar-refractivity contribution in [2.24, 2.45) is 0 Å². The van der Waals surface area contributed by atoms with E-state index in [-0.39, 0.29) is 10.7 Å². The van der Waals surface area contributed by atoms with Gasteiger partial charge in [0.1, 0.15) is 5.82 Å². The first-order valence-corrected chi connectivity index (χ1v) is 6.77. The summed E-state index contributed by atoms with van der Waals surface area (Å²) in [5.74, 6) is 0.302. The van der Waals surface area contributed by atoms with E-state index in [9.17, 15) is 13.2 Å². The van der Waals surface area contributed by atoms with Gasteiger partial charge in [0.2, 0.25) is 0 Å². The van der Waals surface area contributed by atoms with Crippen molar-refractivity contribution in [2.45, 2.75) is 6.18 Å². The van der Waals surface area contributed by atoms with E-state index in [0.29, 0.717) is 15.3 Å². The minimum atomic E-state index is -4.43. The van der Waals surface area contributed by atoms with Crippen molar-refractivity contribution in [1.82, 2.24) is 4.98 Å². The number of hydrogen-bond donors (Lipinski definition) is 1. The Morgan fingerprint density at radius 1 is 1.10 bits per heavy atom. The predicted molar refractivity (Wildman–Crippen MR) is 76.7 cm³/mol. The zero-order valence-electron chi connectivity index (χ0n) is 9.60. The summed E-state index contributed by atoms with van der Waals surface area (Å²) in [5, 5.41) is 3.03. The van der Waals surface area contributed by atoms with Gasteiger partial charge in [-0.15, -0.1) is 0 Å². The smallest absolute Gasteiger partial charge is 0.338 e. The maximum Gasteiger partial charge on any atom is 0.416 e. The van der Waals surface area contributed by atoms with Gasteiger partial charge in [0.15, 0.2) is 0 Å². The van der Waals surface area contributed by atoms with Gasteiger partial charge in [-0.3, -0.25) is 0 Å². The van der Waals surface area contributed by atoms with Gasteiger partial charge in [-0.2, -0.15) is 13.2 Å². The fraction of sp³-hybridized carbons (Fsp3) is 0.0833.